The lowest BCUT2D eigenvalue weighted by molar-refractivity contribution is -0.137. The number of amides is 1. The van der Waals surface area contributed by atoms with Gasteiger partial charge in [0.25, 0.3) is 5.91 Å². The monoisotopic (exact) mass is 322 g/mol. The number of carbonyl (C=O) groups is 1. The zero-order valence-corrected chi connectivity index (χ0v) is 12.5. The van der Waals surface area contributed by atoms with Gasteiger partial charge in [0.1, 0.15) is 0 Å². The smallest absolute Gasteiger partial charge is 0.385 e. The van der Waals surface area contributed by atoms with Crippen LogP contribution in [0.3, 0.4) is 0 Å². The van der Waals surface area contributed by atoms with E-state index in [0.717, 1.165) is 6.07 Å². The average Bonchev–Trinajstić information content (AvgIpc) is 2.37. The van der Waals surface area contributed by atoms with Crippen LogP contribution in [0.2, 0.25) is 0 Å². The Bertz CT molecular complexity index is 533. The lowest BCUT2D eigenvalue weighted by Gasteiger charge is -2.15. The van der Waals surface area contributed by atoms with E-state index in [-0.39, 0.29) is 23.5 Å². The number of rotatable bonds is 6. The molecule has 0 spiro atoms. The van der Waals surface area contributed by atoms with Crippen molar-refractivity contribution in [2.45, 2.75) is 13.1 Å². The highest BCUT2D eigenvalue weighted by Crippen LogP contribution is 2.35. The van der Waals surface area contributed by atoms with Gasteiger partial charge >= 0.3 is 6.18 Å². The molecule has 1 aromatic rings. The van der Waals surface area contributed by atoms with E-state index in [4.69, 9.17) is 0 Å². The summed E-state index contributed by atoms with van der Waals surface area (Å²) in [6.07, 6.45) is -3.06. The van der Waals surface area contributed by atoms with Gasteiger partial charge in [-0.25, -0.2) is 0 Å². The predicted octanol–water partition coefficient (Wildman–Crippen LogP) is 2.25. The van der Waals surface area contributed by atoms with Crippen molar-refractivity contribution in [3.8, 4) is 0 Å². The number of anilines is 1. The molecule has 8 heteroatoms. The van der Waals surface area contributed by atoms with E-state index < -0.39 is 28.4 Å². The maximum atomic E-state index is 13.0. The fourth-order valence-electron chi connectivity index (χ4n) is 1.67. The molecule has 0 aliphatic rings. The van der Waals surface area contributed by atoms with E-state index in [1.54, 1.807) is 6.92 Å². The highest BCUT2D eigenvalue weighted by atomic mass is 32.2. The lowest BCUT2D eigenvalue weighted by atomic mass is 10.1. The maximum absolute atomic E-state index is 13.0. The molecule has 0 fully saturated rings. The first-order valence-corrected chi connectivity index (χ1v) is 8.01. The van der Waals surface area contributed by atoms with Gasteiger partial charge in [-0.05, 0) is 25.1 Å². The summed E-state index contributed by atoms with van der Waals surface area (Å²) in [7, 11) is -1.07. The molecule has 1 amide bonds. The van der Waals surface area contributed by atoms with Gasteiger partial charge in [-0.1, -0.05) is 0 Å². The Morgan fingerprint density at radius 3 is 2.52 bits per heavy atom. The second-order valence-electron chi connectivity index (χ2n) is 4.32. The largest absolute Gasteiger partial charge is 0.418 e. The minimum Gasteiger partial charge on any atom is -0.385 e. The van der Waals surface area contributed by atoms with Crippen LogP contribution >= 0.6 is 0 Å². The van der Waals surface area contributed by atoms with Gasteiger partial charge in [0.2, 0.25) is 0 Å². The molecule has 0 radical (unpaired) electrons. The van der Waals surface area contributed by atoms with E-state index >= 15 is 0 Å². The molecular weight excluding hydrogens is 305 g/mol. The Morgan fingerprint density at radius 1 is 1.33 bits per heavy atom. The molecule has 0 saturated heterocycles. The molecule has 0 bridgehead atoms. The van der Waals surface area contributed by atoms with E-state index in [9.17, 15) is 22.2 Å². The van der Waals surface area contributed by atoms with Crippen LogP contribution < -0.4 is 10.6 Å². The van der Waals surface area contributed by atoms with Gasteiger partial charge in [-0.15, -0.1) is 0 Å². The quantitative estimate of drug-likeness (QED) is 0.844. The van der Waals surface area contributed by atoms with Crippen LogP contribution in [0.5, 0.6) is 0 Å². The first-order valence-electron chi connectivity index (χ1n) is 6.29. The predicted molar refractivity (Wildman–Crippen MR) is 76.9 cm³/mol. The zero-order chi connectivity index (χ0) is 16.0. The van der Waals surface area contributed by atoms with Crippen molar-refractivity contribution < 1.29 is 22.2 Å². The maximum Gasteiger partial charge on any atom is 0.418 e. The third-order valence-electron chi connectivity index (χ3n) is 2.63. The van der Waals surface area contributed by atoms with E-state index in [2.05, 4.69) is 10.6 Å². The highest BCUT2D eigenvalue weighted by Gasteiger charge is 2.34. The number of carbonyl (C=O) groups excluding carboxylic acids is 1. The fraction of sp³-hybridized carbons (Fsp3) is 0.462. The van der Waals surface area contributed by atoms with Crippen molar-refractivity contribution in [2.24, 2.45) is 0 Å². The summed E-state index contributed by atoms with van der Waals surface area (Å²) in [5.41, 5.74) is -1.02. The number of hydrogen-bond donors (Lipinski definition) is 2. The summed E-state index contributed by atoms with van der Waals surface area (Å²) in [5.74, 6) is -0.359. The SMILES string of the molecule is CCNc1ccc(C(=O)NCCS(C)=O)cc1C(F)(F)F. The second-order valence-corrected chi connectivity index (χ2v) is 5.88. The van der Waals surface area contributed by atoms with Gasteiger partial charge in [-0.2, -0.15) is 13.2 Å². The topological polar surface area (TPSA) is 58.2 Å². The summed E-state index contributed by atoms with van der Waals surface area (Å²) in [5, 5.41) is 5.06. The van der Waals surface area contributed by atoms with Gasteiger partial charge in [0.05, 0.1) is 5.56 Å². The minimum absolute atomic E-state index is 0.0591. The minimum atomic E-state index is -4.54. The fourth-order valence-corrected chi connectivity index (χ4v) is 2.06. The molecule has 2 N–H and O–H groups in total. The molecule has 4 nitrogen and oxygen atoms in total. The molecule has 1 aromatic carbocycles. The van der Waals surface area contributed by atoms with Crippen LogP contribution in [0.1, 0.15) is 22.8 Å². The van der Waals surface area contributed by atoms with Crippen LogP contribution in [0.4, 0.5) is 18.9 Å². The number of benzene rings is 1. The number of hydrogen-bond acceptors (Lipinski definition) is 3. The molecule has 0 saturated carbocycles. The van der Waals surface area contributed by atoms with Gasteiger partial charge in [0.15, 0.2) is 0 Å². The van der Waals surface area contributed by atoms with Crippen molar-refractivity contribution >= 4 is 22.4 Å². The second kappa shape index (κ2) is 7.44. The van der Waals surface area contributed by atoms with Crippen molar-refractivity contribution in [3.63, 3.8) is 0 Å². The van der Waals surface area contributed by atoms with Gasteiger partial charge in [-0.3, -0.25) is 9.00 Å². The highest BCUT2D eigenvalue weighted by molar-refractivity contribution is 7.84. The molecule has 1 unspecified atom stereocenters. The van der Waals surface area contributed by atoms with Crippen molar-refractivity contribution in [2.75, 3.05) is 30.4 Å². The normalized spacial score (nSPS) is 12.8. The van der Waals surface area contributed by atoms with Crippen LogP contribution in [0.15, 0.2) is 18.2 Å². The Labute approximate surface area is 123 Å². The van der Waals surface area contributed by atoms with Crippen LogP contribution in [0, 0.1) is 0 Å². The Kier molecular flexibility index (Phi) is 6.19. The Hall–Kier alpha value is -1.57. The van der Waals surface area contributed by atoms with E-state index in [1.165, 1.54) is 18.4 Å². The molecule has 0 heterocycles. The Balaban J connectivity index is 2.94. The number of halogens is 3. The van der Waals surface area contributed by atoms with Crippen LogP contribution in [-0.2, 0) is 17.0 Å². The molecule has 0 aromatic heterocycles. The first kappa shape index (κ1) is 17.5. The molecule has 0 aliphatic heterocycles. The standard InChI is InChI=1S/C13H17F3N2O2S/c1-3-17-11-5-4-9(8-10(11)13(14,15)16)12(19)18-6-7-21(2)20/h4-5,8,17H,3,6-7H2,1-2H3,(H,18,19). The zero-order valence-electron chi connectivity index (χ0n) is 11.7. The van der Waals surface area contributed by atoms with Crippen molar-refractivity contribution in [1.82, 2.24) is 5.32 Å². The summed E-state index contributed by atoms with van der Waals surface area (Å²) in [6, 6.07) is 3.38. The van der Waals surface area contributed by atoms with Gasteiger partial charge in [0, 0.05) is 47.1 Å². The Morgan fingerprint density at radius 2 is 2.00 bits per heavy atom. The van der Waals surface area contributed by atoms with Crippen molar-refractivity contribution in [3.05, 3.63) is 29.3 Å². The molecule has 118 valence electrons. The third kappa shape index (κ3) is 5.37. The first-order chi connectivity index (χ1) is 9.75. The van der Waals surface area contributed by atoms with E-state index in [0.29, 0.717) is 6.54 Å². The van der Waals surface area contributed by atoms with E-state index in [1.807, 2.05) is 0 Å². The summed E-state index contributed by atoms with van der Waals surface area (Å²) in [4.78, 5) is 11.8. The average molecular weight is 322 g/mol. The summed E-state index contributed by atoms with van der Waals surface area (Å²) >= 11 is 0. The molecular formula is C13H17F3N2O2S. The molecule has 1 atom stereocenters. The molecule has 0 aliphatic carbocycles. The number of nitrogens with one attached hydrogen (secondary N) is 2. The van der Waals surface area contributed by atoms with Gasteiger partial charge < -0.3 is 10.6 Å². The van der Waals surface area contributed by atoms with Crippen LogP contribution in [-0.4, -0.2) is 35.2 Å². The molecule has 21 heavy (non-hydrogen) atoms. The molecule has 1 rings (SSSR count). The lowest BCUT2D eigenvalue weighted by Crippen LogP contribution is -2.28. The third-order valence-corrected chi connectivity index (χ3v) is 3.41. The van der Waals surface area contributed by atoms with Crippen molar-refractivity contribution in [1.29, 1.82) is 0 Å². The number of alkyl halides is 3. The van der Waals surface area contributed by atoms with Crippen LogP contribution in [0.25, 0.3) is 0 Å². The summed E-state index contributed by atoms with van der Waals surface area (Å²) in [6.45, 7) is 2.18. The summed E-state index contributed by atoms with van der Waals surface area (Å²) < 4.78 is 49.7.